The second kappa shape index (κ2) is 15.7. The molecule has 7 heteroatoms. The summed E-state index contributed by atoms with van der Waals surface area (Å²) in [6, 6.07) is 10.5. The lowest BCUT2D eigenvalue weighted by molar-refractivity contribution is 0.180. The molecule has 1 rings (SSSR count). The quantitative estimate of drug-likeness (QED) is 0.168. The predicted octanol–water partition coefficient (Wildman–Crippen LogP) is 2.92. The Hall–Kier alpha value is -0.510. The van der Waals surface area contributed by atoms with Crippen molar-refractivity contribution in [3.63, 3.8) is 0 Å². The molecule has 0 aliphatic carbocycles. The zero-order valence-corrected chi connectivity index (χ0v) is 19.0. The number of halogens is 1. The minimum Gasteiger partial charge on any atom is -0.385 e. The van der Waals surface area contributed by atoms with E-state index in [9.17, 15) is 0 Å². The molecule has 5 nitrogen and oxygen atoms in total. The van der Waals surface area contributed by atoms with E-state index in [0.717, 1.165) is 45.2 Å². The molecule has 0 spiro atoms. The van der Waals surface area contributed by atoms with Crippen LogP contribution < -0.4 is 10.6 Å². The lowest BCUT2D eigenvalue weighted by atomic mass is 10.4. The van der Waals surface area contributed by atoms with Gasteiger partial charge in [-0.25, -0.2) is 0 Å². The predicted molar refractivity (Wildman–Crippen MR) is 121 cm³/mol. The van der Waals surface area contributed by atoms with Gasteiger partial charge in [-0.2, -0.15) is 0 Å². The van der Waals surface area contributed by atoms with Crippen LogP contribution in [0, 0.1) is 0 Å². The highest BCUT2D eigenvalue weighted by atomic mass is 127. The third-order valence-electron chi connectivity index (χ3n) is 3.54. The van der Waals surface area contributed by atoms with Gasteiger partial charge in [-0.3, -0.25) is 4.99 Å². The monoisotopic (exact) mass is 480 g/mol. The van der Waals surface area contributed by atoms with E-state index in [1.165, 1.54) is 4.90 Å². The summed E-state index contributed by atoms with van der Waals surface area (Å²) in [6.45, 7) is 6.83. The first-order valence-electron chi connectivity index (χ1n) is 8.49. The Morgan fingerprint density at radius 3 is 2.60 bits per heavy atom. The minimum atomic E-state index is 0. The molecule has 0 aromatic heterocycles. The maximum absolute atomic E-state index is 5.08. The van der Waals surface area contributed by atoms with E-state index in [-0.39, 0.29) is 24.0 Å². The van der Waals surface area contributed by atoms with Gasteiger partial charge in [0.2, 0.25) is 0 Å². The van der Waals surface area contributed by atoms with Gasteiger partial charge in [0.1, 0.15) is 0 Å². The summed E-state index contributed by atoms with van der Waals surface area (Å²) in [5.41, 5.74) is 0. The molecule has 1 aromatic rings. The van der Waals surface area contributed by atoms with Gasteiger partial charge >= 0.3 is 0 Å². The zero-order valence-electron chi connectivity index (χ0n) is 15.8. The molecular weight excluding hydrogens is 447 g/mol. The Bertz CT molecular complexity index is 462. The Balaban J connectivity index is 0.00000576. The SMILES string of the molecule is CN=C(NCCN(C)CCCOC)NCC(C)Sc1ccccc1.I. The van der Waals surface area contributed by atoms with Crippen LogP contribution in [0.1, 0.15) is 13.3 Å². The topological polar surface area (TPSA) is 48.9 Å². The second-order valence-corrected chi connectivity index (χ2v) is 7.28. The van der Waals surface area contributed by atoms with Crippen molar-refractivity contribution in [2.24, 2.45) is 4.99 Å². The Morgan fingerprint density at radius 2 is 1.96 bits per heavy atom. The highest BCUT2D eigenvalue weighted by Crippen LogP contribution is 2.21. The molecule has 1 aromatic carbocycles. The van der Waals surface area contributed by atoms with E-state index in [0.29, 0.717) is 5.25 Å². The number of methoxy groups -OCH3 is 1. The summed E-state index contributed by atoms with van der Waals surface area (Å²) in [6.07, 6.45) is 1.06. The van der Waals surface area contributed by atoms with E-state index in [1.807, 2.05) is 24.9 Å². The molecule has 0 bridgehead atoms. The van der Waals surface area contributed by atoms with Crippen molar-refractivity contribution < 1.29 is 4.74 Å². The van der Waals surface area contributed by atoms with Crippen molar-refractivity contribution >= 4 is 41.7 Å². The molecular formula is C18H33IN4OS. The van der Waals surface area contributed by atoms with Gasteiger partial charge in [0.25, 0.3) is 0 Å². The minimum absolute atomic E-state index is 0. The zero-order chi connectivity index (χ0) is 17.6. The number of nitrogens with zero attached hydrogens (tertiary/aromatic N) is 2. The molecule has 2 N–H and O–H groups in total. The first-order chi connectivity index (χ1) is 11.7. The number of rotatable bonds is 11. The van der Waals surface area contributed by atoms with Crippen molar-refractivity contribution in [3.05, 3.63) is 30.3 Å². The van der Waals surface area contributed by atoms with E-state index in [1.54, 1.807) is 7.11 Å². The molecule has 0 saturated heterocycles. The van der Waals surface area contributed by atoms with E-state index < -0.39 is 0 Å². The maximum Gasteiger partial charge on any atom is 0.191 e. The fraction of sp³-hybridized carbons (Fsp3) is 0.611. The number of nitrogens with one attached hydrogen (secondary N) is 2. The fourth-order valence-electron chi connectivity index (χ4n) is 2.19. The number of likely N-dealkylation sites (N-methyl/N-ethyl adjacent to an activating group) is 1. The van der Waals surface area contributed by atoms with E-state index in [4.69, 9.17) is 4.74 Å². The number of hydrogen-bond acceptors (Lipinski definition) is 4. The lowest BCUT2D eigenvalue weighted by Crippen LogP contribution is -2.42. The summed E-state index contributed by atoms with van der Waals surface area (Å²) in [5, 5.41) is 7.24. The molecule has 0 fully saturated rings. The maximum atomic E-state index is 5.08. The summed E-state index contributed by atoms with van der Waals surface area (Å²) in [4.78, 5) is 7.88. The fourth-order valence-corrected chi connectivity index (χ4v) is 3.14. The van der Waals surface area contributed by atoms with Crippen LogP contribution in [0.25, 0.3) is 0 Å². The van der Waals surface area contributed by atoms with Crippen LogP contribution in [0.3, 0.4) is 0 Å². The second-order valence-electron chi connectivity index (χ2n) is 5.77. The van der Waals surface area contributed by atoms with Gasteiger partial charge in [0.15, 0.2) is 5.96 Å². The summed E-state index contributed by atoms with van der Waals surface area (Å²) in [5.74, 6) is 0.862. The van der Waals surface area contributed by atoms with Crippen LogP contribution in [0.15, 0.2) is 40.2 Å². The molecule has 144 valence electrons. The molecule has 0 aliphatic rings. The summed E-state index contributed by atoms with van der Waals surface area (Å²) in [7, 11) is 5.69. The largest absolute Gasteiger partial charge is 0.385 e. The molecule has 1 atom stereocenters. The van der Waals surface area contributed by atoms with Gasteiger partial charge in [0, 0.05) is 57.1 Å². The normalized spacial score (nSPS) is 12.6. The molecule has 0 amide bonds. The van der Waals surface area contributed by atoms with Gasteiger partial charge in [-0.1, -0.05) is 25.1 Å². The molecule has 0 heterocycles. The van der Waals surface area contributed by atoms with Crippen molar-refractivity contribution in [2.75, 3.05) is 54.0 Å². The average Bonchev–Trinajstić information content (AvgIpc) is 2.59. The summed E-state index contributed by atoms with van der Waals surface area (Å²) >= 11 is 1.87. The van der Waals surface area contributed by atoms with Crippen molar-refractivity contribution in [2.45, 2.75) is 23.5 Å². The van der Waals surface area contributed by atoms with Crippen molar-refractivity contribution in [1.82, 2.24) is 15.5 Å². The number of aliphatic imine (C=N–C) groups is 1. The number of guanidine groups is 1. The summed E-state index contributed by atoms with van der Waals surface area (Å²) < 4.78 is 5.08. The molecule has 0 aliphatic heterocycles. The number of ether oxygens (including phenoxy) is 1. The van der Waals surface area contributed by atoms with Crippen molar-refractivity contribution in [3.8, 4) is 0 Å². The standard InChI is InChI=1S/C18H32N4OS.HI/c1-16(24-17-9-6-5-7-10-17)15-21-18(19-2)20-11-13-22(3)12-8-14-23-4;/h5-7,9-10,16H,8,11-15H2,1-4H3,(H2,19,20,21);1H. The molecule has 25 heavy (non-hydrogen) atoms. The van der Waals surface area contributed by atoms with Crippen LogP contribution in [0.2, 0.25) is 0 Å². The van der Waals surface area contributed by atoms with Gasteiger partial charge in [-0.05, 0) is 25.6 Å². The Morgan fingerprint density at radius 1 is 1.24 bits per heavy atom. The highest BCUT2D eigenvalue weighted by Gasteiger charge is 2.06. The van der Waals surface area contributed by atoms with Gasteiger partial charge < -0.3 is 20.3 Å². The molecule has 0 saturated carbocycles. The Labute approximate surface area is 174 Å². The Kier molecular flexibility index (Phi) is 15.4. The van der Waals surface area contributed by atoms with Crippen LogP contribution in [0.5, 0.6) is 0 Å². The van der Waals surface area contributed by atoms with Crippen LogP contribution in [-0.4, -0.2) is 70.1 Å². The molecule has 1 unspecified atom stereocenters. The van der Waals surface area contributed by atoms with Crippen LogP contribution >= 0.6 is 35.7 Å². The lowest BCUT2D eigenvalue weighted by Gasteiger charge is -2.19. The average molecular weight is 480 g/mol. The molecule has 0 radical (unpaired) electrons. The van der Waals surface area contributed by atoms with Gasteiger partial charge in [0.05, 0.1) is 0 Å². The third-order valence-corrected chi connectivity index (χ3v) is 4.65. The number of thioether (sulfide) groups is 1. The van der Waals surface area contributed by atoms with E-state index in [2.05, 4.69) is 58.8 Å². The van der Waals surface area contributed by atoms with Crippen LogP contribution in [-0.2, 0) is 4.74 Å². The first-order valence-corrected chi connectivity index (χ1v) is 9.37. The number of benzene rings is 1. The third kappa shape index (κ3) is 12.5. The van der Waals surface area contributed by atoms with Crippen LogP contribution in [0.4, 0.5) is 0 Å². The smallest absolute Gasteiger partial charge is 0.191 e. The highest BCUT2D eigenvalue weighted by molar-refractivity contribution is 14.0. The first kappa shape index (κ1) is 24.5. The van der Waals surface area contributed by atoms with E-state index >= 15 is 0 Å². The number of hydrogen-bond donors (Lipinski definition) is 2. The van der Waals surface area contributed by atoms with Crippen molar-refractivity contribution in [1.29, 1.82) is 0 Å². The van der Waals surface area contributed by atoms with Gasteiger partial charge in [-0.15, -0.1) is 35.7 Å².